The van der Waals surface area contributed by atoms with E-state index < -0.39 is 0 Å². The normalized spacial score (nSPS) is 17.8. The van der Waals surface area contributed by atoms with Crippen LogP contribution in [0.1, 0.15) is 24.4 Å². The van der Waals surface area contributed by atoms with Crippen molar-refractivity contribution in [2.24, 2.45) is 0 Å². The number of nitrogens with two attached hydrogens (primary N) is 1. The molecule has 2 N–H and O–H groups in total. The Kier molecular flexibility index (Phi) is 5.38. The van der Waals surface area contributed by atoms with Gasteiger partial charge in [0, 0.05) is 18.8 Å². The van der Waals surface area contributed by atoms with Crippen LogP contribution < -0.4 is 5.73 Å². The molecule has 1 aliphatic rings. The average molecular weight is 322 g/mol. The summed E-state index contributed by atoms with van der Waals surface area (Å²) in [6.07, 6.45) is 5.71. The highest BCUT2D eigenvalue weighted by atomic mass is 35.5. The van der Waals surface area contributed by atoms with Crippen LogP contribution in [0.5, 0.6) is 0 Å². The summed E-state index contributed by atoms with van der Waals surface area (Å²) in [6.45, 7) is 1.52. The van der Waals surface area contributed by atoms with Gasteiger partial charge in [0.1, 0.15) is 12.7 Å². The maximum Gasteiger partial charge on any atom is 0.227 e. The maximum atomic E-state index is 12.4. The van der Waals surface area contributed by atoms with E-state index in [9.17, 15) is 4.79 Å². The first-order valence-corrected chi connectivity index (χ1v) is 7.18. The van der Waals surface area contributed by atoms with Gasteiger partial charge in [-0.25, -0.2) is 9.67 Å². The molecular weight excluding hydrogens is 302 g/mol. The molecule has 7 heteroatoms. The minimum atomic E-state index is 0. The van der Waals surface area contributed by atoms with Crippen molar-refractivity contribution < 1.29 is 4.79 Å². The highest BCUT2D eigenvalue weighted by Crippen LogP contribution is 2.21. The lowest BCUT2D eigenvalue weighted by Crippen LogP contribution is -2.41. The molecule has 1 atom stereocenters. The Hall–Kier alpha value is -2.08. The van der Waals surface area contributed by atoms with Crippen molar-refractivity contribution >= 4 is 24.0 Å². The lowest BCUT2D eigenvalue weighted by atomic mass is 10.0. The van der Waals surface area contributed by atoms with E-state index in [1.807, 2.05) is 33.8 Å². The monoisotopic (exact) mass is 321 g/mol. The Labute approximate surface area is 135 Å². The third kappa shape index (κ3) is 3.76. The predicted octanol–water partition coefficient (Wildman–Crippen LogP) is 1.69. The number of nitrogen functional groups attached to an aromatic ring is 1. The van der Waals surface area contributed by atoms with E-state index in [0.29, 0.717) is 13.0 Å². The molecule has 1 saturated heterocycles. The highest BCUT2D eigenvalue weighted by Gasteiger charge is 2.25. The zero-order valence-corrected chi connectivity index (χ0v) is 13.1. The summed E-state index contributed by atoms with van der Waals surface area (Å²) < 4.78 is 1.85. The molecule has 118 valence electrons. The first-order chi connectivity index (χ1) is 10.2. The lowest BCUT2D eigenvalue weighted by molar-refractivity contribution is -0.132. The average Bonchev–Trinajstić information content (AvgIpc) is 3.04. The third-order valence-corrected chi connectivity index (χ3v) is 3.90. The van der Waals surface area contributed by atoms with Crippen LogP contribution in [-0.4, -0.2) is 38.7 Å². The molecule has 2 heterocycles. The van der Waals surface area contributed by atoms with E-state index in [2.05, 4.69) is 10.1 Å². The summed E-state index contributed by atoms with van der Waals surface area (Å²) >= 11 is 0. The molecule has 1 aromatic carbocycles. The number of carbonyl (C=O) groups is 1. The van der Waals surface area contributed by atoms with Crippen LogP contribution in [-0.2, 0) is 11.2 Å². The van der Waals surface area contributed by atoms with Gasteiger partial charge in [-0.1, -0.05) is 12.1 Å². The van der Waals surface area contributed by atoms with Gasteiger partial charge in [-0.2, -0.15) is 5.10 Å². The Morgan fingerprint density at radius 3 is 2.77 bits per heavy atom. The molecule has 1 fully saturated rings. The number of rotatable bonds is 3. The molecule has 1 unspecified atom stereocenters. The van der Waals surface area contributed by atoms with E-state index in [4.69, 9.17) is 5.73 Å². The van der Waals surface area contributed by atoms with Crippen LogP contribution in [0.3, 0.4) is 0 Å². The topological polar surface area (TPSA) is 77.0 Å². The summed E-state index contributed by atoms with van der Waals surface area (Å²) in [4.78, 5) is 18.3. The summed E-state index contributed by atoms with van der Waals surface area (Å²) in [5, 5.41) is 4.18. The largest absolute Gasteiger partial charge is 0.399 e. The predicted molar refractivity (Wildman–Crippen MR) is 86.7 cm³/mol. The molecule has 1 aromatic heterocycles. The fourth-order valence-electron chi connectivity index (χ4n) is 2.73. The molecule has 0 spiro atoms. The fourth-order valence-corrected chi connectivity index (χ4v) is 2.73. The van der Waals surface area contributed by atoms with Crippen molar-refractivity contribution in [3.8, 4) is 0 Å². The number of carbonyl (C=O) groups excluding carboxylic acids is 1. The first-order valence-electron chi connectivity index (χ1n) is 7.18. The number of amides is 1. The zero-order chi connectivity index (χ0) is 14.7. The van der Waals surface area contributed by atoms with E-state index in [0.717, 1.165) is 30.6 Å². The van der Waals surface area contributed by atoms with Crippen LogP contribution in [0.4, 0.5) is 5.69 Å². The number of anilines is 1. The van der Waals surface area contributed by atoms with Gasteiger partial charge in [0.05, 0.1) is 12.5 Å². The van der Waals surface area contributed by atoms with E-state index >= 15 is 0 Å². The van der Waals surface area contributed by atoms with Gasteiger partial charge in [0.25, 0.3) is 0 Å². The Morgan fingerprint density at radius 2 is 2.09 bits per heavy atom. The first kappa shape index (κ1) is 16.3. The summed E-state index contributed by atoms with van der Waals surface area (Å²) in [6, 6.07) is 7.71. The summed E-state index contributed by atoms with van der Waals surface area (Å²) in [5.41, 5.74) is 7.38. The quantitative estimate of drug-likeness (QED) is 0.873. The third-order valence-electron chi connectivity index (χ3n) is 3.90. The van der Waals surface area contributed by atoms with E-state index in [1.165, 1.54) is 6.33 Å². The molecule has 1 aliphatic heterocycles. The minimum Gasteiger partial charge on any atom is -0.399 e. The number of nitrogens with zero attached hydrogens (tertiary/aromatic N) is 4. The standard InChI is InChI=1S/C15H19N5O.ClH/c16-13-5-3-12(4-6-13)8-15(21)19-7-1-2-14(9-19)20-11-17-10-18-20;/h3-6,10-11,14H,1-2,7-9,16H2;1H. The van der Waals surface area contributed by atoms with Crippen LogP contribution >= 0.6 is 12.4 Å². The number of hydrogen-bond acceptors (Lipinski definition) is 4. The smallest absolute Gasteiger partial charge is 0.227 e. The Balaban J connectivity index is 0.00000176. The maximum absolute atomic E-state index is 12.4. The number of hydrogen-bond donors (Lipinski definition) is 1. The van der Waals surface area contributed by atoms with Gasteiger partial charge in [-0.15, -0.1) is 12.4 Å². The summed E-state index contributed by atoms with van der Waals surface area (Å²) in [7, 11) is 0. The van der Waals surface area contributed by atoms with Crippen LogP contribution in [0.25, 0.3) is 0 Å². The number of likely N-dealkylation sites (tertiary alicyclic amines) is 1. The van der Waals surface area contributed by atoms with E-state index in [-0.39, 0.29) is 24.4 Å². The molecular formula is C15H20ClN5O. The van der Waals surface area contributed by atoms with Gasteiger partial charge in [0.2, 0.25) is 5.91 Å². The second-order valence-corrected chi connectivity index (χ2v) is 5.43. The van der Waals surface area contributed by atoms with Crippen molar-refractivity contribution in [1.29, 1.82) is 0 Å². The van der Waals surface area contributed by atoms with Gasteiger partial charge in [0.15, 0.2) is 0 Å². The molecule has 0 aliphatic carbocycles. The van der Waals surface area contributed by atoms with Crippen LogP contribution in [0.2, 0.25) is 0 Å². The van der Waals surface area contributed by atoms with Gasteiger partial charge >= 0.3 is 0 Å². The minimum absolute atomic E-state index is 0. The molecule has 2 aromatic rings. The second kappa shape index (κ2) is 7.26. The molecule has 3 rings (SSSR count). The highest BCUT2D eigenvalue weighted by molar-refractivity contribution is 5.85. The Morgan fingerprint density at radius 1 is 1.32 bits per heavy atom. The van der Waals surface area contributed by atoms with Crippen LogP contribution in [0.15, 0.2) is 36.9 Å². The lowest BCUT2D eigenvalue weighted by Gasteiger charge is -2.32. The number of halogens is 1. The molecule has 22 heavy (non-hydrogen) atoms. The Bertz CT molecular complexity index is 599. The summed E-state index contributed by atoms with van der Waals surface area (Å²) in [5.74, 6) is 0.157. The number of benzene rings is 1. The molecule has 6 nitrogen and oxygen atoms in total. The van der Waals surface area contributed by atoms with Gasteiger partial charge in [-0.05, 0) is 30.5 Å². The van der Waals surface area contributed by atoms with Crippen molar-refractivity contribution in [3.05, 3.63) is 42.5 Å². The van der Waals surface area contributed by atoms with Crippen molar-refractivity contribution in [2.45, 2.75) is 25.3 Å². The van der Waals surface area contributed by atoms with Crippen molar-refractivity contribution in [3.63, 3.8) is 0 Å². The SMILES string of the molecule is Cl.Nc1ccc(CC(=O)N2CCCC(n3cncn3)C2)cc1. The fraction of sp³-hybridized carbons (Fsp3) is 0.400. The number of aromatic nitrogens is 3. The van der Waals surface area contributed by atoms with E-state index in [1.54, 1.807) is 6.33 Å². The van der Waals surface area contributed by atoms with Crippen molar-refractivity contribution in [1.82, 2.24) is 19.7 Å². The molecule has 0 bridgehead atoms. The zero-order valence-electron chi connectivity index (χ0n) is 12.3. The number of piperidine rings is 1. The molecule has 0 saturated carbocycles. The van der Waals surface area contributed by atoms with Crippen LogP contribution in [0, 0.1) is 0 Å². The van der Waals surface area contributed by atoms with Gasteiger partial charge < -0.3 is 10.6 Å². The second-order valence-electron chi connectivity index (χ2n) is 5.43. The van der Waals surface area contributed by atoms with Crippen molar-refractivity contribution in [2.75, 3.05) is 18.8 Å². The van der Waals surface area contributed by atoms with Gasteiger partial charge in [-0.3, -0.25) is 4.79 Å². The molecule has 0 radical (unpaired) electrons. The molecule has 1 amide bonds.